The minimum absolute atomic E-state index is 0. The Kier molecular flexibility index (Phi) is 7.85. The van der Waals surface area contributed by atoms with E-state index < -0.39 is 0 Å². The zero-order valence-electron chi connectivity index (χ0n) is 14.9. The van der Waals surface area contributed by atoms with Gasteiger partial charge in [-0.1, -0.05) is 12.1 Å². The van der Waals surface area contributed by atoms with Gasteiger partial charge in [-0.05, 0) is 50.3 Å². The van der Waals surface area contributed by atoms with E-state index in [9.17, 15) is 4.79 Å². The molecule has 0 bridgehead atoms. The number of para-hydroxylation sites is 2. The predicted octanol–water partition coefficient (Wildman–Crippen LogP) is 2.88. The predicted molar refractivity (Wildman–Crippen MR) is 101 cm³/mol. The highest BCUT2D eigenvalue weighted by atomic mass is 35.5. The van der Waals surface area contributed by atoms with Gasteiger partial charge in [0.25, 0.3) is 0 Å². The van der Waals surface area contributed by atoms with E-state index in [1.807, 2.05) is 29.2 Å². The van der Waals surface area contributed by atoms with Crippen molar-refractivity contribution in [2.75, 3.05) is 33.4 Å². The van der Waals surface area contributed by atoms with Gasteiger partial charge in [-0.2, -0.15) is 0 Å². The van der Waals surface area contributed by atoms with Crippen LogP contribution in [0, 0.1) is 5.92 Å². The number of piperidine rings is 1. The van der Waals surface area contributed by atoms with Gasteiger partial charge in [-0.25, -0.2) is 0 Å². The fourth-order valence-electron chi connectivity index (χ4n) is 3.13. The number of halogens is 1. The van der Waals surface area contributed by atoms with Crippen molar-refractivity contribution in [1.82, 2.24) is 10.2 Å². The van der Waals surface area contributed by atoms with E-state index in [-0.39, 0.29) is 18.3 Å². The first-order chi connectivity index (χ1) is 11.8. The number of ether oxygens (including phenoxy) is 2. The second kappa shape index (κ2) is 9.88. The summed E-state index contributed by atoms with van der Waals surface area (Å²) in [6, 6.07) is 8.10. The summed E-state index contributed by atoms with van der Waals surface area (Å²) >= 11 is 0. The van der Waals surface area contributed by atoms with Crippen LogP contribution >= 0.6 is 12.4 Å². The third kappa shape index (κ3) is 6.08. The number of nitrogens with zero attached hydrogens (tertiary/aromatic N) is 1. The first kappa shape index (κ1) is 19.9. The Bertz CT molecular complexity index is 543. The number of amides is 1. The molecule has 6 heteroatoms. The van der Waals surface area contributed by atoms with Gasteiger partial charge in [0.1, 0.15) is 0 Å². The van der Waals surface area contributed by atoms with Crippen LogP contribution in [0.4, 0.5) is 0 Å². The van der Waals surface area contributed by atoms with Crippen molar-refractivity contribution in [3.05, 3.63) is 24.3 Å². The number of likely N-dealkylation sites (tertiary alicyclic amines) is 1. The zero-order chi connectivity index (χ0) is 16.8. The second-order valence-corrected chi connectivity index (χ2v) is 6.76. The standard InChI is InChI=1S/C19H28N2O3.ClH/c1-23-17-4-2-3-5-18(17)24-13-10-19(22)21-11-8-16(9-12-21)20-14-15-6-7-15;/h2-5,15-16,20H,6-14H2,1H3;1H. The van der Waals surface area contributed by atoms with Crippen molar-refractivity contribution in [1.29, 1.82) is 0 Å². The van der Waals surface area contributed by atoms with Gasteiger partial charge in [-0.3, -0.25) is 4.79 Å². The molecule has 2 aliphatic rings. The van der Waals surface area contributed by atoms with Crippen LogP contribution in [0.15, 0.2) is 24.3 Å². The molecule has 0 spiro atoms. The van der Waals surface area contributed by atoms with E-state index in [1.165, 1.54) is 12.8 Å². The SMILES string of the molecule is COc1ccccc1OCCC(=O)N1CCC(NCC2CC2)CC1.Cl. The van der Waals surface area contributed by atoms with Crippen molar-refractivity contribution in [3.8, 4) is 11.5 Å². The molecular weight excluding hydrogens is 340 g/mol. The summed E-state index contributed by atoms with van der Waals surface area (Å²) in [7, 11) is 1.62. The first-order valence-electron chi connectivity index (χ1n) is 9.03. The van der Waals surface area contributed by atoms with E-state index in [0.29, 0.717) is 30.6 Å². The van der Waals surface area contributed by atoms with Crippen LogP contribution in [0.3, 0.4) is 0 Å². The maximum absolute atomic E-state index is 12.3. The summed E-state index contributed by atoms with van der Waals surface area (Å²) < 4.78 is 10.9. The molecule has 0 radical (unpaired) electrons. The molecule has 1 N–H and O–H groups in total. The summed E-state index contributed by atoms with van der Waals surface area (Å²) in [5.74, 6) is 2.49. The minimum Gasteiger partial charge on any atom is -0.493 e. The third-order valence-corrected chi connectivity index (χ3v) is 4.88. The lowest BCUT2D eigenvalue weighted by Gasteiger charge is -2.32. The molecule has 1 aromatic rings. The molecule has 0 aromatic heterocycles. The fraction of sp³-hybridized carbons (Fsp3) is 0.632. The molecular formula is C19H29ClN2O3. The summed E-state index contributed by atoms with van der Waals surface area (Å²) in [4.78, 5) is 14.3. The Balaban J connectivity index is 0.00000225. The Morgan fingerprint density at radius 2 is 1.84 bits per heavy atom. The molecule has 1 saturated heterocycles. The van der Waals surface area contributed by atoms with E-state index >= 15 is 0 Å². The number of hydrogen-bond acceptors (Lipinski definition) is 4. The summed E-state index contributed by atoms with van der Waals surface area (Å²) in [6.45, 7) is 3.26. The van der Waals surface area contributed by atoms with Crippen LogP contribution < -0.4 is 14.8 Å². The Labute approximate surface area is 156 Å². The van der Waals surface area contributed by atoms with Gasteiger partial charge in [0.15, 0.2) is 11.5 Å². The number of methoxy groups -OCH3 is 1. The highest BCUT2D eigenvalue weighted by Crippen LogP contribution is 2.28. The highest BCUT2D eigenvalue weighted by molar-refractivity contribution is 5.85. The molecule has 2 fully saturated rings. The van der Waals surface area contributed by atoms with E-state index in [2.05, 4.69) is 5.32 Å². The Morgan fingerprint density at radius 3 is 2.48 bits per heavy atom. The number of hydrogen-bond donors (Lipinski definition) is 1. The smallest absolute Gasteiger partial charge is 0.225 e. The van der Waals surface area contributed by atoms with Crippen molar-refractivity contribution < 1.29 is 14.3 Å². The first-order valence-corrected chi connectivity index (χ1v) is 9.03. The van der Waals surface area contributed by atoms with Crippen molar-refractivity contribution >= 4 is 18.3 Å². The summed E-state index contributed by atoms with van der Waals surface area (Å²) in [5.41, 5.74) is 0. The molecule has 25 heavy (non-hydrogen) atoms. The molecule has 1 amide bonds. The van der Waals surface area contributed by atoms with Crippen molar-refractivity contribution in [3.63, 3.8) is 0 Å². The number of rotatable bonds is 8. The molecule has 3 rings (SSSR count). The molecule has 1 saturated carbocycles. The molecule has 1 aliphatic heterocycles. The average Bonchev–Trinajstić information content (AvgIpc) is 3.45. The molecule has 5 nitrogen and oxygen atoms in total. The van der Waals surface area contributed by atoms with Gasteiger partial charge < -0.3 is 19.7 Å². The lowest BCUT2D eigenvalue weighted by atomic mass is 10.0. The van der Waals surface area contributed by atoms with Gasteiger partial charge in [0.2, 0.25) is 5.91 Å². The molecule has 0 atom stereocenters. The molecule has 1 heterocycles. The van der Waals surface area contributed by atoms with Crippen LogP contribution in [-0.4, -0.2) is 50.2 Å². The maximum Gasteiger partial charge on any atom is 0.225 e. The number of carbonyl (C=O) groups is 1. The molecule has 1 aliphatic carbocycles. The van der Waals surface area contributed by atoms with Crippen LogP contribution in [0.25, 0.3) is 0 Å². The second-order valence-electron chi connectivity index (χ2n) is 6.76. The molecule has 140 valence electrons. The lowest BCUT2D eigenvalue weighted by molar-refractivity contribution is -0.132. The van der Waals surface area contributed by atoms with Gasteiger partial charge >= 0.3 is 0 Å². The number of carbonyl (C=O) groups excluding carboxylic acids is 1. The van der Waals surface area contributed by atoms with Crippen LogP contribution in [0.5, 0.6) is 11.5 Å². The quantitative estimate of drug-likeness (QED) is 0.766. The molecule has 0 unspecified atom stereocenters. The summed E-state index contributed by atoms with van der Waals surface area (Å²) in [6.07, 6.45) is 5.31. The topological polar surface area (TPSA) is 50.8 Å². The number of nitrogens with one attached hydrogen (secondary N) is 1. The van der Waals surface area contributed by atoms with Gasteiger partial charge in [0.05, 0.1) is 20.1 Å². The maximum atomic E-state index is 12.3. The van der Waals surface area contributed by atoms with Gasteiger partial charge in [-0.15, -0.1) is 12.4 Å². The van der Waals surface area contributed by atoms with Crippen LogP contribution in [0.2, 0.25) is 0 Å². The van der Waals surface area contributed by atoms with Crippen molar-refractivity contribution in [2.24, 2.45) is 5.92 Å². The minimum atomic E-state index is 0. The lowest BCUT2D eigenvalue weighted by Crippen LogP contribution is -2.45. The average molecular weight is 369 g/mol. The Morgan fingerprint density at radius 1 is 1.16 bits per heavy atom. The van der Waals surface area contributed by atoms with Gasteiger partial charge in [0, 0.05) is 19.1 Å². The largest absolute Gasteiger partial charge is 0.493 e. The van der Waals surface area contributed by atoms with E-state index in [1.54, 1.807) is 7.11 Å². The van der Waals surface area contributed by atoms with Crippen molar-refractivity contribution in [2.45, 2.75) is 38.1 Å². The monoisotopic (exact) mass is 368 g/mol. The van der Waals surface area contributed by atoms with E-state index in [4.69, 9.17) is 9.47 Å². The van der Waals surface area contributed by atoms with Crippen LogP contribution in [0.1, 0.15) is 32.1 Å². The summed E-state index contributed by atoms with van der Waals surface area (Å²) in [5, 5.41) is 3.64. The van der Waals surface area contributed by atoms with E-state index in [0.717, 1.165) is 38.4 Å². The Hall–Kier alpha value is -1.46. The normalized spacial score (nSPS) is 17.7. The fourth-order valence-corrected chi connectivity index (χ4v) is 3.13. The zero-order valence-corrected chi connectivity index (χ0v) is 15.7. The molecule has 1 aromatic carbocycles. The number of benzene rings is 1. The van der Waals surface area contributed by atoms with Crippen LogP contribution in [-0.2, 0) is 4.79 Å². The third-order valence-electron chi connectivity index (χ3n) is 4.88. The highest BCUT2D eigenvalue weighted by Gasteiger charge is 2.25.